The van der Waals surface area contributed by atoms with E-state index in [1.165, 1.54) is 11.1 Å². The molecule has 11 nitrogen and oxygen atoms in total. The minimum Gasteiger partial charge on any atom is -0.481 e. The summed E-state index contributed by atoms with van der Waals surface area (Å²) in [4.78, 5) is 62.0. The Morgan fingerprint density at radius 1 is 0.705 bits per heavy atom. The Morgan fingerprint density at radius 3 is 1.73 bits per heavy atom. The highest BCUT2D eigenvalue weighted by Gasteiger charge is 2.32. The van der Waals surface area contributed by atoms with Crippen LogP contribution in [0.3, 0.4) is 0 Å². The molecule has 4 atom stereocenters. The van der Waals surface area contributed by atoms with Crippen molar-refractivity contribution in [3.63, 3.8) is 0 Å². The van der Waals surface area contributed by atoms with Crippen molar-refractivity contribution in [2.45, 2.75) is 118 Å². The van der Waals surface area contributed by atoms with Gasteiger partial charge in [0.05, 0.1) is 12.5 Å². The van der Waals surface area contributed by atoms with Crippen molar-refractivity contribution in [1.29, 1.82) is 0 Å². The largest absolute Gasteiger partial charge is 0.481 e. The number of aliphatic hydroxyl groups is 1. The van der Waals surface area contributed by atoms with Gasteiger partial charge in [-0.1, -0.05) is 62.6 Å². The molecule has 11 heteroatoms. The first-order valence-corrected chi connectivity index (χ1v) is 15.4. The summed E-state index contributed by atoms with van der Waals surface area (Å²) in [7, 11) is 0. The zero-order valence-electron chi connectivity index (χ0n) is 27.7. The van der Waals surface area contributed by atoms with Gasteiger partial charge < -0.3 is 31.3 Å². The fraction of sp³-hybridized carbons (Fsp3) is 0.667. The van der Waals surface area contributed by atoms with Crippen molar-refractivity contribution in [3.05, 3.63) is 34.9 Å². The van der Waals surface area contributed by atoms with Crippen molar-refractivity contribution in [1.82, 2.24) is 16.0 Å². The van der Waals surface area contributed by atoms with Crippen LogP contribution in [0.15, 0.2) is 34.9 Å². The van der Waals surface area contributed by atoms with E-state index in [4.69, 9.17) is 5.11 Å². The molecule has 0 rings (SSSR count). The summed E-state index contributed by atoms with van der Waals surface area (Å²) in [5.41, 5.74) is 3.64. The Balaban J connectivity index is 5.32. The lowest BCUT2D eigenvalue weighted by molar-refractivity contribution is -0.144. The third-order valence-electron chi connectivity index (χ3n) is 7.06. The lowest BCUT2D eigenvalue weighted by Gasteiger charge is -2.27. The van der Waals surface area contributed by atoms with E-state index in [9.17, 15) is 34.2 Å². The SMILES string of the molecule is CC(C)=CCC/C(C)=C/CC/C(C)=C/CC(CC(=O)N[C@H](C(=O)N[C@@H](CC(C)C)C(=O)N[C@@H](CO)C(=O)O)C(C)C)C(=O)O. The average Bonchev–Trinajstić information content (AvgIpc) is 2.90. The molecule has 0 aliphatic rings. The first-order chi connectivity index (χ1) is 20.5. The maximum absolute atomic E-state index is 13.2. The van der Waals surface area contributed by atoms with E-state index in [1.807, 2.05) is 26.8 Å². The molecule has 0 aromatic heterocycles. The van der Waals surface area contributed by atoms with Crippen LogP contribution in [0.4, 0.5) is 0 Å². The summed E-state index contributed by atoms with van der Waals surface area (Å²) >= 11 is 0. The quantitative estimate of drug-likeness (QED) is 0.103. The van der Waals surface area contributed by atoms with Crippen LogP contribution in [0.5, 0.6) is 0 Å². The van der Waals surface area contributed by atoms with Crippen molar-refractivity contribution in [2.75, 3.05) is 6.61 Å². The van der Waals surface area contributed by atoms with E-state index in [0.29, 0.717) is 0 Å². The summed E-state index contributed by atoms with van der Waals surface area (Å²) in [6, 6.07) is -3.69. The highest BCUT2D eigenvalue weighted by atomic mass is 16.4. The topological polar surface area (TPSA) is 182 Å². The number of hydrogen-bond donors (Lipinski definition) is 6. The molecule has 1 unspecified atom stereocenters. The van der Waals surface area contributed by atoms with Gasteiger partial charge in [-0.05, 0) is 78.1 Å². The van der Waals surface area contributed by atoms with Gasteiger partial charge in [0.1, 0.15) is 18.1 Å². The molecule has 0 radical (unpaired) electrons. The van der Waals surface area contributed by atoms with E-state index in [1.54, 1.807) is 13.8 Å². The molecule has 3 amide bonds. The first kappa shape index (κ1) is 40.5. The molecule has 44 heavy (non-hydrogen) atoms. The first-order valence-electron chi connectivity index (χ1n) is 15.4. The van der Waals surface area contributed by atoms with Crippen LogP contribution in [0.2, 0.25) is 0 Å². The van der Waals surface area contributed by atoms with Gasteiger partial charge in [0.2, 0.25) is 17.7 Å². The van der Waals surface area contributed by atoms with Gasteiger partial charge in [0.15, 0.2) is 0 Å². The molecule has 0 spiro atoms. The second kappa shape index (κ2) is 21.3. The minimum absolute atomic E-state index is 0.0454. The lowest BCUT2D eigenvalue weighted by Crippen LogP contribution is -2.57. The van der Waals surface area contributed by atoms with Gasteiger partial charge in [-0.3, -0.25) is 19.2 Å². The molecule has 0 fully saturated rings. The molecule has 0 aliphatic heterocycles. The van der Waals surface area contributed by atoms with Crippen LogP contribution in [-0.2, 0) is 24.0 Å². The van der Waals surface area contributed by atoms with E-state index in [2.05, 4.69) is 48.9 Å². The lowest BCUT2D eigenvalue weighted by atomic mass is 9.96. The van der Waals surface area contributed by atoms with Crippen LogP contribution in [0, 0.1) is 17.8 Å². The second-order valence-corrected chi connectivity index (χ2v) is 12.5. The molecule has 0 saturated carbocycles. The number of hydrogen-bond acceptors (Lipinski definition) is 6. The predicted molar refractivity (Wildman–Crippen MR) is 171 cm³/mol. The summed E-state index contributed by atoms with van der Waals surface area (Å²) < 4.78 is 0. The zero-order chi connectivity index (χ0) is 34.0. The number of carboxylic acid groups (broad SMARTS) is 2. The van der Waals surface area contributed by atoms with Crippen molar-refractivity contribution >= 4 is 29.7 Å². The van der Waals surface area contributed by atoms with Crippen molar-refractivity contribution in [3.8, 4) is 0 Å². The molecular weight excluding hydrogens is 566 g/mol. The molecule has 0 aliphatic carbocycles. The molecule has 0 aromatic rings. The normalized spacial score (nSPS) is 14.8. The number of carboxylic acids is 2. The van der Waals surface area contributed by atoms with Gasteiger partial charge in [-0.15, -0.1) is 0 Å². The third kappa shape index (κ3) is 17.6. The fourth-order valence-corrected chi connectivity index (χ4v) is 4.37. The predicted octanol–water partition coefficient (Wildman–Crippen LogP) is 4.12. The number of nitrogens with one attached hydrogen (secondary N) is 3. The van der Waals surface area contributed by atoms with Gasteiger partial charge in [0.25, 0.3) is 0 Å². The molecule has 250 valence electrons. The van der Waals surface area contributed by atoms with E-state index >= 15 is 0 Å². The molecule has 0 saturated heterocycles. The maximum Gasteiger partial charge on any atom is 0.328 e. The maximum atomic E-state index is 13.2. The number of allylic oxidation sites excluding steroid dienone is 6. The van der Waals surface area contributed by atoms with Crippen LogP contribution in [-0.4, -0.2) is 69.7 Å². The van der Waals surface area contributed by atoms with Crippen molar-refractivity contribution in [2.24, 2.45) is 17.8 Å². The molecule has 0 aromatic carbocycles. The summed E-state index contributed by atoms with van der Waals surface area (Å²) in [6.45, 7) is 14.4. The summed E-state index contributed by atoms with van der Waals surface area (Å²) in [6.07, 6.45) is 9.91. The van der Waals surface area contributed by atoms with E-state index in [-0.39, 0.29) is 25.2 Å². The number of carbonyl (C=O) groups excluding carboxylic acids is 3. The van der Waals surface area contributed by atoms with Crippen LogP contribution >= 0.6 is 0 Å². The van der Waals surface area contributed by atoms with E-state index < -0.39 is 66.2 Å². The molecule has 0 heterocycles. The molecule has 0 bridgehead atoms. The Kier molecular flexibility index (Phi) is 19.6. The van der Waals surface area contributed by atoms with E-state index in [0.717, 1.165) is 31.3 Å². The molecule has 6 N–H and O–H groups in total. The highest BCUT2D eigenvalue weighted by molar-refractivity contribution is 5.94. The van der Waals surface area contributed by atoms with Crippen LogP contribution in [0.1, 0.15) is 100 Å². The van der Waals surface area contributed by atoms with Gasteiger partial charge >= 0.3 is 11.9 Å². The second-order valence-electron chi connectivity index (χ2n) is 12.5. The van der Waals surface area contributed by atoms with Crippen LogP contribution < -0.4 is 16.0 Å². The fourth-order valence-electron chi connectivity index (χ4n) is 4.37. The Bertz CT molecular complexity index is 1060. The standard InChI is InChI=1S/C33H55N3O8/c1-20(2)11-9-12-23(7)13-10-14-24(8)15-16-25(32(41)42)18-28(38)36-29(22(5)6)31(40)34-26(17-21(3)4)30(39)35-27(19-37)33(43)44/h11,13,15,21-22,25-27,29,37H,9-10,12,14,16-19H2,1-8H3,(H,34,40)(H,35,39)(H,36,38)(H,41,42)(H,43,44)/b23-13+,24-15+/t25?,26-,27-,29-/m0/s1. The van der Waals surface area contributed by atoms with Gasteiger partial charge in [-0.25, -0.2) is 4.79 Å². The van der Waals surface area contributed by atoms with Gasteiger partial charge in [-0.2, -0.15) is 0 Å². The Hall–Kier alpha value is -3.47. The minimum atomic E-state index is -1.53. The Morgan fingerprint density at radius 2 is 1.25 bits per heavy atom. The number of aliphatic carboxylic acids is 2. The number of carbonyl (C=O) groups is 5. The third-order valence-corrected chi connectivity index (χ3v) is 7.06. The van der Waals surface area contributed by atoms with Crippen LogP contribution in [0.25, 0.3) is 0 Å². The Labute approximate surface area is 262 Å². The number of amides is 3. The summed E-state index contributed by atoms with van der Waals surface area (Å²) in [5, 5.41) is 35.6. The zero-order valence-corrected chi connectivity index (χ0v) is 27.7. The number of aliphatic hydroxyl groups excluding tert-OH is 1. The number of rotatable bonds is 21. The molecular formula is C33H55N3O8. The summed E-state index contributed by atoms with van der Waals surface area (Å²) in [5.74, 6) is -5.99. The highest BCUT2D eigenvalue weighted by Crippen LogP contribution is 2.17. The smallest absolute Gasteiger partial charge is 0.328 e. The monoisotopic (exact) mass is 621 g/mol. The van der Waals surface area contributed by atoms with Crippen molar-refractivity contribution < 1.29 is 39.3 Å². The van der Waals surface area contributed by atoms with Gasteiger partial charge in [0, 0.05) is 6.42 Å². The average molecular weight is 622 g/mol.